The molecule has 1 atom stereocenters. The van der Waals surface area contributed by atoms with Crippen molar-refractivity contribution in [3.8, 4) is 5.75 Å². The molecular formula is C17H24N2O4. The predicted molar refractivity (Wildman–Crippen MR) is 86.5 cm³/mol. The summed E-state index contributed by atoms with van der Waals surface area (Å²) in [7, 11) is 0. The van der Waals surface area contributed by atoms with Crippen LogP contribution >= 0.6 is 0 Å². The number of nitrogens with one attached hydrogen (secondary N) is 1. The molecule has 6 heteroatoms. The summed E-state index contributed by atoms with van der Waals surface area (Å²) in [6, 6.07) is 3.50. The first kappa shape index (κ1) is 17.3. The van der Waals surface area contributed by atoms with Gasteiger partial charge in [-0.3, -0.25) is 9.69 Å². The van der Waals surface area contributed by atoms with E-state index in [0.29, 0.717) is 0 Å². The van der Waals surface area contributed by atoms with E-state index in [4.69, 9.17) is 4.74 Å². The molecule has 1 fully saturated rings. The van der Waals surface area contributed by atoms with Gasteiger partial charge in [-0.1, -0.05) is 12.1 Å². The predicted octanol–water partition coefficient (Wildman–Crippen LogP) is 1.68. The zero-order chi connectivity index (χ0) is 17.4. The van der Waals surface area contributed by atoms with Gasteiger partial charge in [-0.15, -0.1) is 0 Å². The Morgan fingerprint density at radius 3 is 2.39 bits per heavy atom. The van der Waals surface area contributed by atoms with Crippen LogP contribution in [0.2, 0.25) is 0 Å². The Hall–Kier alpha value is -2.08. The van der Waals surface area contributed by atoms with E-state index in [1.807, 2.05) is 32.9 Å². The molecule has 0 aromatic heterocycles. The molecule has 0 radical (unpaired) electrons. The molecule has 0 aliphatic carbocycles. The van der Waals surface area contributed by atoms with Crippen LogP contribution in [0.15, 0.2) is 12.1 Å². The fourth-order valence-electron chi connectivity index (χ4n) is 2.57. The van der Waals surface area contributed by atoms with E-state index in [9.17, 15) is 14.7 Å². The summed E-state index contributed by atoms with van der Waals surface area (Å²) < 4.78 is 5.72. The lowest BCUT2D eigenvalue weighted by Gasteiger charge is -2.20. The summed E-state index contributed by atoms with van der Waals surface area (Å²) >= 11 is 0. The highest BCUT2D eigenvalue weighted by molar-refractivity contribution is 6.06. The Bertz CT molecular complexity index is 640. The Labute approximate surface area is 136 Å². The summed E-state index contributed by atoms with van der Waals surface area (Å²) in [5.74, 6) is 0.394. The Morgan fingerprint density at radius 1 is 1.22 bits per heavy atom. The lowest BCUT2D eigenvalue weighted by atomic mass is 10.1. The molecule has 0 bridgehead atoms. The van der Waals surface area contributed by atoms with Gasteiger partial charge >= 0.3 is 6.03 Å². The first-order valence-corrected chi connectivity index (χ1v) is 7.65. The molecule has 2 N–H and O–H groups in total. The molecular weight excluding hydrogens is 296 g/mol. The molecule has 126 valence electrons. The number of ether oxygens (including phenoxy) is 1. The van der Waals surface area contributed by atoms with Crippen LogP contribution in [-0.4, -0.2) is 46.7 Å². The molecule has 1 saturated heterocycles. The molecule has 0 unspecified atom stereocenters. The molecule has 1 aromatic carbocycles. The number of amides is 3. The molecule has 1 heterocycles. The maximum atomic E-state index is 12.1. The molecule has 1 aliphatic rings. The Balaban J connectivity index is 1.99. The monoisotopic (exact) mass is 320 g/mol. The number of urea groups is 1. The summed E-state index contributed by atoms with van der Waals surface area (Å²) in [6.45, 7) is 9.09. The summed E-state index contributed by atoms with van der Waals surface area (Å²) in [5.41, 5.74) is 2.18. The van der Waals surface area contributed by atoms with E-state index in [1.54, 1.807) is 13.8 Å². The van der Waals surface area contributed by atoms with Gasteiger partial charge < -0.3 is 15.2 Å². The third-order valence-electron chi connectivity index (χ3n) is 4.13. The fraction of sp³-hybridized carbons (Fsp3) is 0.529. The van der Waals surface area contributed by atoms with Gasteiger partial charge in [0, 0.05) is 0 Å². The van der Waals surface area contributed by atoms with Crippen LogP contribution in [0.25, 0.3) is 0 Å². The van der Waals surface area contributed by atoms with Crippen LogP contribution in [-0.2, 0) is 4.79 Å². The number of carbonyl (C=O) groups is 2. The summed E-state index contributed by atoms with van der Waals surface area (Å²) in [4.78, 5) is 24.9. The van der Waals surface area contributed by atoms with Crippen LogP contribution in [0.1, 0.15) is 30.5 Å². The number of hydrogen-bond acceptors (Lipinski definition) is 4. The Morgan fingerprint density at radius 2 is 1.83 bits per heavy atom. The highest BCUT2D eigenvalue weighted by Gasteiger charge is 2.44. The van der Waals surface area contributed by atoms with Gasteiger partial charge in [0.1, 0.15) is 24.0 Å². The molecule has 3 amide bonds. The number of β-amino-alcohol motifs (C(OH)–C–C–N with tert-alkyl or cyclic N) is 1. The average Bonchev–Trinajstić information content (AvgIpc) is 2.65. The van der Waals surface area contributed by atoms with Gasteiger partial charge in [0.15, 0.2) is 0 Å². The number of benzene rings is 1. The largest absolute Gasteiger partial charge is 0.490 e. The normalized spacial score (nSPS) is 18.1. The molecule has 2 rings (SSSR count). The lowest BCUT2D eigenvalue weighted by Crippen LogP contribution is -2.42. The molecule has 6 nitrogen and oxygen atoms in total. The Kier molecular flexibility index (Phi) is 4.66. The third kappa shape index (κ3) is 3.47. The van der Waals surface area contributed by atoms with Gasteiger partial charge in [-0.25, -0.2) is 4.79 Å². The lowest BCUT2D eigenvalue weighted by molar-refractivity contribution is -0.131. The minimum Gasteiger partial charge on any atom is -0.490 e. The minimum atomic E-state index is -0.946. The summed E-state index contributed by atoms with van der Waals surface area (Å²) in [5, 5.41) is 12.7. The highest BCUT2D eigenvalue weighted by Crippen LogP contribution is 2.26. The van der Waals surface area contributed by atoms with Crippen molar-refractivity contribution in [1.82, 2.24) is 10.2 Å². The number of hydrogen-bond donors (Lipinski definition) is 2. The van der Waals surface area contributed by atoms with E-state index in [-0.39, 0.29) is 19.1 Å². The second kappa shape index (κ2) is 6.20. The fourth-order valence-corrected chi connectivity index (χ4v) is 2.57. The van der Waals surface area contributed by atoms with Crippen LogP contribution < -0.4 is 10.1 Å². The number of imide groups is 1. The van der Waals surface area contributed by atoms with Gasteiger partial charge in [0.2, 0.25) is 0 Å². The molecule has 1 aromatic rings. The van der Waals surface area contributed by atoms with Crippen LogP contribution in [0, 0.1) is 20.8 Å². The van der Waals surface area contributed by atoms with Crippen LogP contribution in [0.3, 0.4) is 0 Å². The average molecular weight is 320 g/mol. The van der Waals surface area contributed by atoms with Crippen LogP contribution in [0.4, 0.5) is 4.79 Å². The number of carbonyl (C=O) groups excluding carboxylic acids is 2. The second-order valence-corrected chi connectivity index (χ2v) is 6.59. The van der Waals surface area contributed by atoms with Crippen molar-refractivity contribution in [3.63, 3.8) is 0 Å². The maximum absolute atomic E-state index is 12.1. The van der Waals surface area contributed by atoms with Crippen molar-refractivity contribution < 1.29 is 19.4 Å². The van der Waals surface area contributed by atoms with Crippen molar-refractivity contribution in [1.29, 1.82) is 0 Å². The van der Waals surface area contributed by atoms with E-state index >= 15 is 0 Å². The number of aliphatic hydroxyl groups excluding tert-OH is 1. The van der Waals surface area contributed by atoms with E-state index in [0.717, 1.165) is 27.3 Å². The van der Waals surface area contributed by atoms with Gasteiger partial charge in [0.05, 0.1) is 6.54 Å². The first-order valence-electron chi connectivity index (χ1n) is 7.65. The topological polar surface area (TPSA) is 78.9 Å². The number of aryl methyl sites for hydroxylation is 2. The zero-order valence-corrected chi connectivity index (χ0v) is 14.3. The van der Waals surface area contributed by atoms with Crippen molar-refractivity contribution in [3.05, 3.63) is 28.8 Å². The van der Waals surface area contributed by atoms with Gasteiger partial charge in [0.25, 0.3) is 5.91 Å². The number of rotatable bonds is 5. The zero-order valence-electron chi connectivity index (χ0n) is 14.3. The number of aliphatic hydroxyl groups is 1. The summed E-state index contributed by atoms with van der Waals surface area (Å²) in [6.07, 6.45) is -0.946. The first-order chi connectivity index (χ1) is 10.6. The van der Waals surface area contributed by atoms with E-state index < -0.39 is 17.7 Å². The maximum Gasteiger partial charge on any atom is 0.325 e. The van der Waals surface area contributed by atoms with Gasteiger partial charge in [-0.2, -0.15) is 0 Å². The molecule has 0 saturated carbocycles. The SMILES string of the molecule is Cc1ccc(C)c(OC[C@@H](O)CN2C(=O)NC(C)(C)C2=O)c1C. The smallest absolute Gasteiger partial charge is 0.325 e. The van der Waals surface area contributed by atoms with Crippen molar-refractivity contribution >= 4 is 11.9 Å². The number of nitrogens with zero attached hydrogens (tertiary/aromatic N) is 1. The van der Waals surface area contributed by atoms with E-state index in [1.165, 1.54) is 0 Å². The quantitative estimate of drug-likeness (QED) is 0.809. The third-order valence-corrected chi connectivity index (χ3v) is 4.13. The van der Waals surface area contributed by atoms with Gasteiger partial charge in [-0.05, 0) is 51.3 Å². The van der Waals surface area contributed by atoms with E-state index in [2.05, 4.69) is 5.32 Å². The van der Waals surface area contributed by atoms with Crippen molar-refractivity contribution in [2.45, 2.75) is 46.3 Å². The highest BCUT2D eigenvalue weighted by atomic mass is 16.5. The molecule has 0 spiro atoms. The molecule has 1 aliphatic heterocycles. The standard InChI is InChI=1S/C17H24N2O4/c1-10-6-7-11(2)14(12(10)3)23-9-13(20)8-19-15(21)17(4,5)18-16(19)22/h6-7,13,20H,8-9H2,1-5H3,(H,18,22)/t13-/m0/s1. The van der Waals surface area contributed by atoms with Crippen molar-refractivity contribution in [2.24, 2.45) is 0 Å². The minimum absolute atomic E-state index is 0.0165. The molecule has 23 heavy (non-hydrogen) atoms. The van der Waals surface area contributed by atoms with Crippen molar-refractivity contribution in [2.75, 3.05) is 13.2 Å². The van der Waals surface area contributed by atoms with Crippen LogP contribution in [0.5, 0.6) is 5.75 Å². The second-order valence-electron chi connectivity index (χ2n) is 6.59.